The number of carbonyl (C=O) groups is 4. The molecule has 0 bridgehead atoms. The first-order valence-corrected chi connectivity index (χ1v) is 14.0. The molecule has 0 saturated carbocycles. The lowest BCUT2D eigenvalue weighted by Crippen LogP contribution is -2.44. The van der Waals surface area contributed by atoms with E-state index in [1.165, 1.54) is 11.6 Å². The van der Waals surface area contributed by atoms with Gasteiger partial charge in [-0.3, -0.25) is 9.89 Å². The fourth-order valence-electron chi connectivity index (χ4n) is 3.59. The molecule has 0 aliphatic carbocycles. The van der Waals surface area contributed by atoms with Crippen molar-refractivity contribution in [2.45, 2.75) is 37.5 Å². The highest BCUT2D eigenvalue weighted by molar-refractivity contribution is 5.97. The van der Waals surface area contributed by atoms with E-state index in [1.54, 1.807) is 18.5 Å². The fraction of sp³-hybridized carbons (Fsp3) is 0.345. The number of halogens is 10. The van der Waals surface area contributed by atoms with Crippen LogP contribution in [0.15, 0.2) is 48.8 Å². The first-order chi connectivity index (χ1) is 23.8. The molecule has 1 atom stereocenters. The van der Waals surface area contributed by atoms with Crippen molar-refractivity contribution < 1.29 is 83.1 Å². The molecule has 23 heteroatoms. The Morgan fingerprint density at radius 1 is 0.885 bits per heavy atom. The number of hydrogen-bond donors (Lipinski definition) is 6. The standard InChI is InChI=1S/C23H26FN5O2.3C2HF3O2/c1-29(2)7-8-31-22-10-18(17-13-26-27-14-17)19(24)11-20(22)28-23(30)21-9-15-5-3-4-6-16(15)12-25-21;3*3-2(4,5)1(6)7/h3-6,10-11,13-14,21,25H,7-9,12H2,1-2H3,(H,26,27)(H,28,30);3*(H,6,7)/t21-;;;/m0.../s1. The van der Waals surface area contributed by atoms with Crippen LogP contribution in [0, 0.1) is 5.82 Å². The summed E-state index contributed by atoms with van der Waals surface area (Å²) in [4.78, 5) is 41.6. The number of benzene rings is 2. The summed E-state index contributed by atoms with van der Waals surface area (Å²) in [6.45, 7) is 1.71. The molecule has 0 unspecified atom stereocenters. The van der Waals surface area contributed by atoms with Gasteiger partial charge in [0.15, 0.2) is 0 Å². The number of carboxylic acid groups (broad SMARTS) is 3. The molecule has 288 valence electrons. The van der Waals surface area contributed by atoms with Gasteiger partial charge >= 0.3 is 36.4 Å². The number of nitrogens with one attached hydrogen (secondary N) is 3. The van der Waals surface area contributed by atoms with Crippen LogP contribution < -0.4 is 15.4 Å². The molecule has 0 radical (unpaired) electrons. The van der Waals surface area contributed by atoms with Crippen molar-refractivity contribution >= 4 is 29.5 Å². The predicted octanol–water partition coefficient (Wildman–Crippen LogP) is 4.71. The number of amides is 1. The average molecular weight is 766 g/mol. The highest BCUT2D eigenvalue weighted by Crippen LogP contribution is 2.34. The van der Waals surface area contributed by atoms with Gasteiger partial charge in [-0.1, -0.05) is 24.3 Å². The van der Waals surface area contributed by atoms with Crippen molar-refractivity contribution in [1.29, 1.82) is 0 Å². The normalized spacial score (nSPS) is 13.8. The predicted molar refractivity (Wildman–Crippen MR) is 159 cm³/mol. The van der Waals surface area contributed by atoms with E-state index in [0.717, 1.165) is 5.56 Å². The number of hydrogen-bond acceptors (Lipinski definition) is 8. The second kappa shape index (κ2) is 19.2. The van der Waals surface area contributed by atoms with Crippen molar-refractivity contribution in [1.82, 2.24) is 20.4 Å². The third-order valence-electron chi connectivity index (χ3n) is 6.06. The van der Waals surface area contributed by atoms with Crippen LogP contribution in [0.1, 0.15) is 11.1 Å². The van der Waals surface area contributed by atoms with Crippen LogP contribution in [-0.2, 0) is 32.1 Å². The Balaban J connectivity index is 0.000000525. The van der Waals surface area contributed by atoms with Crippen molar-refractivity contribution in [3.05, 3.63) is 65.7 Å². The smallest absolute Gasteiger partial charge is 0.490 e. The number of aromatic amines is 1. The van der Waals surface area contributed by atoms with Gasteiger partial charge in [0.2, 0.25) is 5.91 Å². The number of anilines is 1. The molecule has 0 saturated heterocycles. The summed E-state index contributed by atoms with van der Waals surface area (Å²) in [5.74, 6) is -8.53. The van der Waals surface area contributed by atoms with Crippen molar-refractivity contribution in [3.8, 4) is 16.9 Å². The monoisotopic (exact) mass is 765 g/mol. The molecule has 2 aromatic carbocycles. The van der Waals surface area contributed by atoms with Crippen LogP contribution in [0.4, 0.5) is 49.6 Å². The van der Waals surface area contributed by atoms with Crippen molar-refractivity contribution in [2.24, 2.45) is 0 Å². The van der Waals surface area contributed by atoms with Crippen LogP contribution in [-0.4, -0.2) is 106 Å². The number of nitrogens with zero attached hydrogens (tertiary/aromatic N) is 2. The van der Waals surface area contributed by atoms with Crippen LogP contribution in [0.3, 0.4) is 0 Å². The van der Waals surface area contributed by atoms with Gasteiger partial charge < -0.3 is 35.6 Å². The van der Waals surface area contributed by atoms with E-state index >= 15 is 0 Å². The molecule has 13 nitrogen and oxygen atoms in total. The Morgan fingerprint density at radius 3 is 1.83 bits per heavy atom. The zero-order chi connectivity index (χ0) is 40.0. The molecular formula is C29H29F10N5O8. The molecule has 52 heavy (non-hydrogen) atoms. The summed E-state index contributed by atoms with van der Waals surface area (Å²) < 4.78 is 116. The van der Waals surface area contributed by atoms with E-state index in [9.17, 15) is 48.7 Å². The minimum atomic E-state index is -5.08. The number of ether oxygens (including phenoxy) is 1. The molecule has 6 N–H and O–H groups in total. The molecule has 0 fully saturated rings. The summed E-state index contributed by atoms with van der Waals surface area (Å²) >= 11 is 0. The SMILES string of the molecule is CN(C)CCOc1cc(-c2cn[nH]c2)c(F)cc1NC(=O)[C@@H]1Cc2ccccc2CN1.O=C(O)C(F)(F)F.O=C(O)C(F)(F)F.O=C(O)C(F)(F)F. The first-order valence-electron chi connectivity index (χ1n) is 14.0. The van der Waals surface area contributed by atoms with Gasteiger partial charge in [-0.2, -0.15) is 44.6 Å². The Hall–Kier alpha value is -5.45. The van der Waals surface area contributed by atoms with Gasteiger partial charge in [0.1, 0.15) is 18.2 Å². The highest BCUT2D eigenvalue weighted by Gasteiger charge is 2.39. The maximum atomic E-state index is 14.9. The minimum Gasteiger partial charge on any atom is -0.490 e. The molecule has 1 aliphatic rings. The van der Waals surface area contributed by atoms with Gasteiger partial charge in [-0.15, -0.1) is 0 Å². The number of likely N-dealkylation sites (N-methyl/N-ethyl adjacent to an activating group) is 1. The van der Waals surface area contributed by atoms with Crippen molar-refractivity contribution in [2.75, 3.05) is 32.6 Å². The maximum absolute atomic E-state index is 14.9. The van der Waals surface area contributed by atoms with E-state index in [2.05, 4.69) is 26.9 Å². The topological polar surface area (TPSA) is 194 Å². The Bertz CT molecular complexity index is 1590. The van der Waals surface area contributed by atoms with Gasteiger partial charge in [0.25, 0.3) is 0 Å². The van der Waals surface area contributed by atoms with Gasteiger partial charge in [0, 0.05) is 36.5 Å². The summed E-state index contributed by atoms with van der Waals surface area (Å²) in [5, 5.41) is 34.1. The van der Waals surface area contributed by atoms with Gasteiger partial charge in [-0.05, 0) is 37.7 Å². The molecule has 4 rings (SSSR count). The second-order valence-corrected chi connectivity index (χ2v) is 10.3. The lowest BCUT2D eigenvalue weighted by atomic mass is 9.95. The number of alkyl halides is 9. The zero-order valence-electron chi connectivity index (χ0n) is 26.6. The van der Waals surface area contributed by atoms with E-state index in [4.69, 9.17) is 34.4 Å². The number of fused-ring (bicyclic) bond motifs is 1. The minimum absolute atomic E-state index is 0.220. The number of carboxylic acids is 3. The maximum Gasteiger partial charge on any atom is 0.490 e. The number of carbonyl (C=O) groups excluding carboxylic acids is 1. The zero-order valence-corrected chi connectivity index (χ0v) is 26.6. The number of H-pyrrole nitrogens is 1. The van der Waals surface area contributed by atoms with Crippen LogP contribution in [0.25, 0.3) is 11.1 Å². The highest BCUT2D eigenvalue weighted by atomic mass is 19.4. The van der Waals surface area contributed by atoms with E-state index in [0.29, 0.717) is 48.7 Å². The molecule has 1 aliphatic heterocycles. The van der Waals surface area contributed by atoms with E-state index in [1.807, 2.05) is 37.2 Å². The summed E-state index contributed by atoms with van der Waals surface area (Å²) in [6.07, 6.45) is -11.5. The van der Waals surface area contributed by atoms with Crippen LogP contribution in [0.2, 0.25) is 0 Å². The number of aliphatic carboxylic acids is 3. The third-order valence-corrected chi connectivity index (χ3v) is 6.06. The first kappa shape index (κ1) is 44.6. The molecule has 0 spiro atoms. The fourth-order valence-corrected chi connectivity index (χ4v) is 3.59. The van der Waals surface area contributed by atoms with Crippen LogP contribution in [0.5, 0.6) is 5.75 Å². The van der Waals surface area contributed by atoms with Gasteiger partial charge in [-0.25, -0.2) is 18.8 Å². The van der Waals surface area contributed by atoms with E-state index in [-0.39, 0.29) is 5.91 Å². The van der Waals surface area contributed by atoms with Gasteiger partial charge in [0.05, 0.1) is 17.9 Å². The van der Waals surface area contributed by atoms with Crippen LogP contribution >= 0.6 is 0 Å². The summed E-state index contributed by atoms with van der Waals surface area (Å²) in [6, 6.07) is 10.6. The lowest BCUT2D eigenvalue weighted by Gasteiger charge is -2.26. The Kier molecular flexibility index (Phi) is 16.5. The van der Waals surface area contributed by atoms with E-state index < -0.39 is 48.3 Å². The number of rotatable bonds is 7. The number of aromatic nitrogens is 2. The largest absolute Gasteiger partial charge is 0.490 e. The Labute approximate surface area is 286 Å². The second-order valence-electron chi connectivity index (χ2n) is 10.3. The average Bonchev–Trinajstić information content (AvgIpc) is 3.56. The molecule has 2 heterocycles. The quantitative estimate of drug-likeness (QED) is 0.183. The van der Waals surface area contributed by atoms with Crippen molar-refractivity contribution in [3.63, 3.8) is 0 Å². The molecule has 1 amide bonds. The molecule has 3 aromatic rings. The summed E-state index contributed by atoms with van der Waals surface area (Å²) in [7, 11) is 3.89. The third kappa shape index (κ3) is 15.6. The lowest BCUT2D eigenvalue weighted by molar-refractivity contribution is -0.193. The summed E-state index contributed by atoms with van der Waals surface area (Å²) in [5.41, 5.74) is 3.61. The molecule has 1 aromatic heterocycles. The Morgan fingerprint density at radius 2 is 1.38 bits per heavy atom. The molecular weight excluding hydrogens is 736 g/mol.